The molecule has 0 atom stereocenters. The van der Waals surface area contributed by atoms with Gasteiger partial charge in [-0.3, -0.25) is 9.69 Å². The molecule has 0 saturated carbocycles. The number of ether oxygens (including phenoxy) is 1. The van der Waals surface area contributed by atoms with Gasteiger partial charge in [-0.15, -0.1) is 0 Å². The summed E-state index contributed by atoms with van der Waals surface area (Å²) in [6.45, 7) is 9.33. The van der Waals surface area contributed by atoms with Crippen LogP contribution in [0.1, 0.15) is 11.1 Å². The number of thiazole rings is 1. The predicted octanol–water partition coefficient (Wildman–Crippen LogP) is 4.54. The number of rotatable bonds is 7. The fraction of sp³-hybridized carbons (Fsp3) is 0.391. The summed E-state index contributed by atoms with van der Waals surface area (Å²) in [4.78, 5) is 21.7. The van der Waals surface area contributed by atoms with Gasteiger partial charge < -0.3 is 15.0 Å². The van der Waals surface area contributed by atoms with Gasteiger partial charge in [0.05, 0.1) is 15.2 Å². The standard InChI is InChI=1S/C23H26Cl2N4O2S/c1-15-3-4-16(2)22-21(15)27-23(32-22)29-11-9-28(10-12-29)8-7-26-20(30)14-31-19-6-5-17(24)13-18(19)25/h3-6,13H,7-12,14H2,1-2H3,(H,26,30). The van der Waals surface area contributed by atoms with Crippen LogP contribution in [0.5, 0.6) is 5.75 Å². The largest absolute Gasteiger partial charge is 0.482 e. The van der Waals surface area contributed by atoms with Crippen LogP contribution in [0, 0.1) is 13.8 Å². The molecular formula is C23H26Cl2N4O2S. The van der Waals surface area contributed by atoms with Gasteiger partial charge in [-0.1, -0.05) is 46.7 Å². The number of amides is 1. The Morgan fingerprint density at radius 2 is 1.88 bits per heavy atom. The van der Waals surface area contributed by atoms with Crippen molar-refractivity contribution in [1.82, 2.24) is 15.2 Å². The first-order valence-electron chi connectivity index (χ1n) is 10.6. The van der Waals surface area contributed by atoms with Gasteiger partial charge in [-0.05, 0) is 43.2 Å². The van der Waals surface area contributed by atoms with Crippen LogP contribution >= 0.6 is 34.5 Å². The number of carbonyl (C=O) groups is 1. The van der Waals surface area contributed by atoms with Gasteiger partial charge in [-0.25, -0.2) is 4.98 Å². The number of nitrogens with zero attached hydrogens (tertiary/aromatic N) is 3. The molecule has 1 N–H and O–H groups in total. The van der Waals surface area contributed by atoms with Crippen molar-refractivity contribution in [3.05, 3.63) is 51.5 Å². The highest BCUT2D eigenvalue weighted by atomic mass is 35.5. The highest BCUT2D eigenvalue weighted by Gasteiger charge is 2.20. The Labute approximate surface area is 202 Å². The Hall–Kier alpha value is -2.06. The van der Waals surface area contributed by atoms with Crippen LogP contribution < -0.4 is 15.0 Å². The van der Waals surface area contributed by atoms with E-state index in [1.807, 2.05) is 0 Å². The van der Waals surface area contributed by atoms with Crippen LogP contribution in [0.25, 0.3) is 10.2 Å². The highest BCUT2D eigenvalue weighted by molar-refractivity contribution is 7.22. The van der Waals surface area contributed by atoms with Gasteiger partial charge in [0.1, 0.15) is 5.75 Å². The monoisotopic (exact) mass is 492 g/mol. The van der Waals surface area contributed by atoms with E-state index in [0.29, 0.717) is 22.3 Å². The molecule has 1 amide bonds. The average molecular weight is 493 g/mol. The van der Waals surface area contributed by atoms with Crippen LogP contribution in [0.4, 0.5) is 5.13 Å². The molecule has 0 bridgehead atoms. The van der Waals surface area contributed by atoms with Gasteiger partial charge in [-0.2, -0.15) is 0 Å². The van der Waals surface area contributed by atoms with Crippen LogP contribution in [0.2, 0.25) is 10.0 Å². The lowest BCUT2D eigenvalue weighted by Gasteiger charge is -2.34. The van der Waals surface area contributed by atoms with Crippen LogP contribution in [0.15, 0.2) is 30.3 Å². The van der Waals surface area contributed by atoms with Crippen molar-refractivity contribution in [2.24, 2.45) is 0 Å². The van der Waals surface area contributed by atoms with Crippen molar-refractivity contribution in [1.29, 1.82) is 0 Å². The molecule has 6 nitrogen and oxygen atoms in total. The minimum atomic E-state index is -0.171. The number of piperazine rings is 1. The Morgan fingerprint density at radius 1 is 1.12 bits per heavy atom. The molecule has 1 aliphatic rings. The molecule has 3 aromatic rings. The van der Waals surface area contributed by atoms with Gasteiger partial charge in [0.2, 0.25) is 0 Å². The second kappa shape index (κ2) is 10.3. The second-order valence-corrected chi connectivity index (χ2v) is 9.74. The zero-order valence-corrected chi connectivity index (χ0v) is 20.5. The summed E-state index contributed by atoms with van der Waals surface area (Å²) in [6, 6.07) is 9.23. The number of anilines is 1. The fourth-order valence-electron chi connectivity index (χ4n) is 3.69. The summed E-state index contributed by atoms with van der Waals surface area (Å²) in [6.07, 6.45) is 0. The van der Waals surface area contributed by atoms with Crippen LogP contribution in [-0.4, -0.2) is 61.7 Å². The topological polar surface area (TPSA) is 57.7 Å². The molecule has 4 rings (SSSR count). The number of benzene rings is 2. The first kappa shape index (κ1) is 23.1. The van der Waals surface area contributed by atoms with Crippen molar-refractivity contribution >= 4 is 55.8 Å². The first-order chi connectivity index (χ1) is 15.4. The van der Waals surface area contributed by atoms with Crippen molar-refractivity contribution in [2.45, 2.75) is 13.8 Å². The summed E-state index contributed by atoms with van der Waals surface area (Å²) in [5.74, 6) is 0.275. The van der Waals surface area contributed by atoms with E-state index < -0.39 is 0 Å². The van der Waals surface area contributed by atoms with Crippen molar-refractivity contribution in [3.8, 4) is 5.75 Å². The highest BCUT2D eigenvalue weighted by Crippen LogP contribution is 2.33. The van der Waals surface area contributed by atoms with E-state index in [-0.39, 0.29) is 12.5 Å². The van der Waals surface area contributed by atoms with Gasteiger partial charge in [0, 0.05) is 44.3 Å². The maximum atomic E-state index is 12.1. The Kier molecular flexibility index (Phi) is 7.40. The number of hydrogen-bond donors (Lipinski definition) is 1. The maximum absolute atomic E-state index is 12.1. The molecule has 0 unspecified atom stereocenters. The maximum Gasteiger partial charge on any atom is 0.257 e. The smallest absolute Gasteiger partial charge is 0.257 e. The number of nitrogens with one attached hydrogen (secondary N) is 1. The first-order valence-corrected chi connectivity index (χ1v) is 12.2. The normalized spacial score (nSPS) is 14.7. The number of carbonyl (C=O) groups excluding carboxylic acids is 1. The Morgan fingerprint density at radius 3 is 2.59 bits per heavy atom. The number of fused-ring (bicyclic) bond motifs is 1. The zero-order chi connectivity index (χ0) is 22.7. The molecule has 170 valence electrons. The lowest BCUT2D eigenvalue weighted by atomic mass is 10.1. The fourth-order valence-corrected chi connectivity index (χ4v) is 5.31. The van der Waals surface area contributed by atoms with E-state index in [1.165, 1.54) is 15.8 Å². The summed E-state index contributed by atoms with van der Waals surface area (Å²) < 4.78 is 6.76. The zero-order valence-electron chi connectivity index (χ0n) is 18.2. The molecular weight excluding hydrogens is 467 g/mol. The molecule has 1 aliphatic heterocycles. The number of aromatic nitrogens is 1. The SMILES string of the molecule is Cc1ccc(C)c2sc(N3CCN(CCNC(=O)COc4ccc(Cl)cc4Cl)CC3)nc12. The minimum absolute atomic E-state index is 0.0778. The summed E-state index contributed by atoms with van der Waals surface area (Å²) >= 11 is 13.7. The lowest BCUT2D eigenvalue weighted by Crippen LogP contribution is -2.48. The summed E-state index contributed by atoms with van der Waals surface area (Å²) in [5, 5.41) is 4.92. The third-order valence-electron chi connectivity index (χ3n) is 5.58. The van der Waals surface area contributed by atoms with Crippen molar-refractivity contribution < 1.29 is 9.53 Å². The molecule has 0 radical (unpaired) electrons. The summed E-state index contributed by atoms with van der Waals surface area (Å²) in [7, 11) is 0. The predicted molar refractivity (Wildman–Crippen MR) is 133 cm³/mol. The van der Waals surface area contributed by atoms with Crippen LogP contribution in [-0.2, 0) is 4.79 Å². The lowest BCUT2D eigenvalue weighted by molar-refractivity contribution is -0.123. The van der Waals surface area contributed by atoms with Gasteiger partial charge in [0.15, 0.2) is 11.7 Å². The molecule has 1 fully saturated rings. The molecule has 1 aromatic heterocycles. The van der Waals surface area contributed by atoms with Crippen LogP contribution in [0.3, 0.4) is 0 Å². The second-order valence-electron chi connectivity index (χ2n) is 7.92. The molecule has 2 aromatic carbocycles. The van der Waals surface area contributed by atoms with Gasteiger partial charge >= 0.3 is 0 Å². The average Bonchev–Trinajstić information content (AvgIpc) is 3.23. The molecule has 9 heteroatoms. The third kappa shape index (κ3) is 5.46. The number of hydrogen-bond acceptors (Lipinski definition) is 6. The van der Waals surface area contributed by atoms with E-state index >= 15 is 0 Å². The number of aryl methyl sites for hydroxylation is 2. The van der Waals surface area contributed by atoms with E-state index in [1.54, 1.807) is 29.5 Å². The van der Waals surface area contributed by atoms with E-state index in [0.717, 1.165) is 43.4 Å². The van der Waals surface area contributed by atoms with E-state index in [2.05, 4.69) is 41.1 Å². The third-order valence-corrected chi connectivity index (χ3v) is 7.36. The van der Waals surface area contributed by atoms with Crippen molar-refractivity contribution in [3.63, 3.8) is 0 Å². The minimum Gasteiger partial charge on any atom is -0.482 e. The molecule has 0 aliphatic carbocycles. The Bertz CT molecular complexity index is 1070. The molecule has 0 spiro atoms. The van der Waals surface area contributed by atoms with E-state index in [4.69, 9.17) is 32.9 Å². The molecule has 2 heterocycles. The van der Waals surface area contributed by atoms with Gasteiger partial charge in [0.25, 0.3) is 5.91 Å². The quantitative estimate of drug-likeness (QED) is 0.524. The Balaban J connectivity index is 1.20. The van der Waals surface area contributed by atoms with Crippen molar-refractivity contribution in [2.75, 3.05) is 50.8 Å². The van der Waals surface area contributed by atoms with E-state index in [9.17, 15) is 4.79 Å². The molecule has 32 heavy (non-hydrogen) atoms. The number of halogens is 2. The molecule has 1 saturated heterocycles. The summed E-state index contributed by atoms with van der Waals surface area (Å²) in [5.41, 5.74) is 3.63.